The number of benzene rings is 3. The number of anilines is 1. The molecule has 6 rings (SSSR count). The van der Waals surface area contributed by atoms with Crippen LogP contribution in [0.1, 0.15) is 5.56 Å². The molecule has 0 bridgehead atoms. The fourth-order valence-corrected chi connectivity index (χ4v) is 4.41. The lowest BCUT2D eigenvalue weighted by atomic mass is 10.2. The van der Waals surface area contributed by atoms with E-state index in [4.69, 9.17) is 25.7 Å². The third-order valence-electron chi connectivity index (χ3n) is 6.04. The third kappa shape index (κ3) is 4.20. The van der Waals surface area contributed by atoms with E-state index >= 15 is 0 Å². The SMILES string of the molecule is O=c1c2ccccc2nc(-c2cc3cc(Cl)ccc3o2)n1N=Cc1ccc(N2CCOCC2)cc1. The Morgan fingerprint density at radius 1 is 0.971 bits per heavy atom. The molecule has 1 fully saturated rings. The second kappa shape index (κ2) is 9.02. The van der Waals surface area contributed by atoms with Gasteiger partial charge in [0.15, 0.2) is 5.76 Å². The monoisotopic (exact) mass is 484 g/mol. The summed E-state index contributed by atoms with van der Waals surface area (Å²) in [6, 6.07) is 22.5. The Kier molecular flexibility index (Phi) is 5.56. The summed E-state index contributed by atoms with van der Waals surface area (Å²) >= 11 is 6.14. The van der Waals surface area contributed by atoms with Crippen LogP contribution in [0.25, 0.3) is 33.5 Å². The molecular formula is C27H21ClN4O3. The van der Waals surface area contributed by atoms with Crippen molar-refractivity contribution in [2.75, 3.05) is 31.2 Å². The van der Waals surface area contributed by atoms with Gasteiger partial charge < -0.3 is 14.1 Å². The molecule has 2 aromatic heterocycles. The second-order valence-electron chi connectivity index (χ2n) is 8.30. The summed E-state index contributed by atoms with van der Waals surface area (Å²) in [5.41, 5.74) is 2.96. The number of aromatic nitrogens is 2. The van der Waals surface area contributed by atoms with Crippen LogP contribution in [-0.2, 0) is 4.74 Å². The minimum absolute atomic E-state index is 0.273. The minimum atomic E-state index is -0.273. The van der Waals surface area contributed by atoms with Gasteiger partial charge in [0, 0.05) is 29.2 Å². The highest BCUT2D eigenvalue weighted by Gasteiger charge is 2.17. The van der Waals surface area contributed by atoms with Crippen molar-refractivity contribution in [1.29, 1.82) is 0 Å². The fourth-order valence-electron chi connectivity index (χ4n) is 4.23. The molecular weight excluding hydrogens is 464 g/mol. The molecule has 8 heteroatoms. The van der Waals surface area contributed by atoms with Gasteiger partial charge in [0.05, 0.1) is 30.3 Å². The summed E-state index contributed by atoms with van der Waals surface area (Å²) < 4.78 is 12.7. The first-order chi connectivity index (χ1) is 17.2. The first-order valence-electron chi connectivity index (χ1n) is 11.3. The zero-order valence-corrected chi connectivity index (χ0v) is 19.5. The van der Waals surface area contributed by atoms with Crippen molar-refractivity contribution in [1.82, 2.24) is 9.66 Å². The average molecular weight is 485 g/mol. The highest BCUT2D eigenvalue weighted by molar-refractivity contribution is 6.31. The number of morpholine rings is 1. The van der Waals surface area contributed by atoms with Gasteiger partial charge in [0.1, 0.15) is 5.58 Å². The quantitative estimate of drug-likeness (QED) is 0.328. The van der Waals surface area contributed by atoms with Gasteiger partial charge in [0.25, 0.3) is 5.56 Å². The molecule has 1 aliphatic rings. The summed E-state index contributed by atoms with van der Waals surface area (Å²) in [6.45, 7) is 3.21. The van der Waals surface area contributed by atoms with E-state index in [9.17, 15) is 4.79 Å². The molecule has 0 amide bonds. The van der Waals surface area contributed by atoms with Gasteiger partial charge in [0.2, 0.25) is 5.82 Å². The van der Waals surface area contributed by atoms with Crippen molar-refractivity contribution in [3.8, 4) is 11.6 Å². The van der Waals surface area contributed by atoms with Crippen molar-refractivity contribution in [3.05, 3.63) is 93.7 Å². The summed E-state index contributed by atoms with van der Waals surface area (Å²) in [7, 11) is 0. The van der Waals surface area contributed by atoms with Gasteiger partial charge in [-0.2, -0.15) is 9.78 Å². The van der Waals surface area contributed by atoms with E-state index in [1.165, 1.54) is 4.68 Å². The standard InChI is InChI=1S/C27H21ClN4O3/c28-20-7-10-24-19(15-20)16-25(35-24)26-30-23-4-2-1-3-22(23)27(33)32(26)29-17-18-5-8-21(9-6-18)31-11-13-34-14-12-31/h1-10,15-17H,11-14H2. The van der Waals surface area contributed by atoms with Crippen LogP contribution in [0.5, 0.6) is 0 Å². The highest BCUT2D eigenvalue weighted by atomic mass is 35.5. The predicted octanol–water partition coefficient (Wildman–Crippen LogP) is 5.18. The van der Waals surface area contributed by atoms with Crippen LogP contribution in [0.2, 0.25) is 5.02 Å². The van der Waals surface area contributed by atoms with E-state index in [1.54, 1.807) is 30.5 Å². The number of rotatable bonds is 4. The Morgan fingerprint density at radius 3 is 2.60 bits per heavy atom. The van der Waals surface area contributed by atoms with Crippen molar-refractivity contribution < 1.29 is 9.15 Å². The molecule has 0 unspecified atom stereocenters. The maximum atomic E-state index is 13.4. The van der Waals surface area contributed by atoms with Crippen molar-refractivity contribution >= 4 is 45.4 Å². The molecule has 35 heavy (non-hydrogen) atoms. The van der Waals surface area contributed by atoms with E-state index < -0.39 is 0 Å². The van der Waals surface area contributed by atoms with E-state index in [-0.39, 0.29) is 5.56 Å². The van der Waals surface area contributed by atoms with Gasteiger partial charge in [-0.3, -0.25) is 4.79 Å². The van der Waals surface area contributed by atoms with Crippen LogP contribution in [0.4, 0.5) is 5.69 Å². The number of halogens is 1. The topological polar surface area (TPSA) is 72.9 Å². The molecule has 1 aliphatic heterocycles. The van der Waals surface area contributed by atoms with Gasteiger partial charge in [-0.25, -0.2) is 4.98 Å². The van der Waals surface area contributed by atoms with Crippen molar-refractivity contribution in [2.45, 2.75) is 0 Å². The molecule has 0 spiro atoms. The maximum Gasteiger partial charge on any atom is 0.282 e. The number of para-hydroxylation sites is 1. The maximum absolute atomic E-state index is 13.4. The van der Waals surface area contributed by atoms with Gasteiger partial charge in [-0.05, 0) is 54.1 Å². The van der Waals surface area contributed by atoms with Gasteiger partial charge >= 0.3 is 0 Å². The lowest BCUT2D eigenvalue weighted by Crippen LogP contribution is -2.36. The van der Waals surface area contributed by atoms with Crippen LogP contribution < -0.4 is 10.5 Å². The third-order valence-corrected chi connectivity index (χ3v) is 6.28. The Bertz CT molecular complexity index is 1620. The number of fused-ring (bicyclic) bond motifs is 2. The average Bonchev–Trinajstić information content (AvgIpc) is 3.32. The second-order valence-corrected chi connectivity index (χ2v) is 8.73. The largest absolute Gasteiger partial charge is 0.453 e. The smallest absolute Gasteiger partial charge is 0.282 e. The van der Waals surface area contributed by atoms with E-state index in [1.807, 2.05) is 36.4 Å². The van der Waals surface area contributed by atoms with E-state index in [2.05, 4.69) is 22.1 Å². The Labute approximate surface area is 205 Å². The Balaban J connectivity index is 1.42. The molecule has 0 saturated carbocycles. The molecule has 3 heterocycles. The highest BCUT2D eigenvalue weighted by Crippen LogP contribution is 2.29. The zero-order chi connectivity index (χ0) is 23.8. The first-order valence-corrected chi connectivity index (χ1v) is 11.7. The molecule has 1 saturated heterocycles. The van der Waals surface area contributed by atoms with E-state index in [0.29, 0.717) is 33.1 Å². The Morgan fingerprint density at radius 2 is 1.77 bits per heavy atom. The number of ether oxygens (including phenoxy) is 1. The molecule has 7 nitrogen and oxygen atoms in total. The number of furan rings is 1. The summed E-state index contributed by atoms with van der Waals surface area (Å²) in [6.07, 6.45) is 1.66. The molecule has 174 valence electrons. The number of hydrogen-bond donors (Lipinski definition) is 0. The van der Waals surface area contributed by atoms with Crippen molar-refractivity contribution in [2.24, 2.45) is 5.10 Å². The summed E-state index contributed by atoms with van der Waals surface area (Å²) in [4.78, 5) is 20.4. The van der Waals surface area contributed by atoms with Crippen LogP contribution in [0.15, 0.2) is 87.1 Å². The van der Waals surface area contributed by atoms with Crippen LogP contribution in [0.3, 0.4) is 0 Å². The molecule has 3 aromatic carbocycles. The molecule has 0 aliphatic carbocycles. The number of nitrogens with zero attached hydrogens (tertiary/aromatic N) is 4. The number of hydrogen-bond acceptors (Lipinski definition) is 6. The van der Waals surface area contributed by atoms with Crippen LogP contribution in [-0.4, -0.2) is 42.2 Å². The normalized spacial score (nSPS) is 14.4. The van der Waals surface area contributed by atoms with E-state index in [0.717, 1.165) is 42.9 Å². The Hall–Kier alpha value is -3.94. The van der Waals surface area contributed by atoms with Gasteiger partial charge in [-0.15, -0.1) is 0 Å². The lowest BCUT2D eigenvalue weighted by molar-refractivity contribution is 0.122. The molecule has 0 radical (unpaired) electrons. The minimum Gasteiger partial charge on any atom is -0.453 e. The summed E-state index contributed by atoms with van der Waals surface area (Å²) in [5, 5.41) is 6.44. The van der Waals surface area contributed by atoms with Crippen molar-refractivity contribution in [3.63, 3.8) is 0 Å². The molecule has 0 atom stereocenters. The lowest BCUT2D eigenvalue weighted by Gasteiger charge is -2.28. The first kappa shape index (κ1) is 21.6. The van der Waals surface area contributed by atoms with Crippen LogP contribution in [0, 0.1) is 0 Å². The molecule has 0 N–H and O–H groups in total. The fraction of sp³-hybridized carbons (Fsp3) is 0.148. The molecule has 5 aromatic rings. The predicted molar refractivity (Wildman–Crippen MR) is 139 cm³/mol. The zero-order valence-electron chi connectivity index (χ0n) is 18.7. The summed E-state index contributed by atoms with van der Waals surface area (Å²) in [5.74, 6) is 0.757. The van der Waals surface area contributed by atoms with Gasteiger partial charge in [-0.1, -0.05) is 35.9 Å². The van der Waals surface area contributed by atoms with Crippen LogP contribution >= 0.6 is 11.6 Å².